The van der Waals surface area contributed by atoms with Gasteiger partial charge in [0.2, 0.25) is 0 Å². The number of benzene rings is 1. The second kappa shape index (κ2) is 6.71. The number of methoxy groups -OCH3 is 1. The maximum absolute atomic E-state index is 12.0. The van der Waals surface area contributed by atoms with Crippen LogP contribution < -0.4 is 0 Å². The van der Waals surface area contributed by atoms with E-state index >= 15 is 0 Å². The molecular formula is C18H14N8O2S. The fraction of sp³-hybridized carbons (Fsp3) is 0.167. The van der Waals surface area contributed by atoms with Gasteiger partial charge in [0.25, 0.3) is 0 Å². The first kappa shape index (κ1) is 17.4. The maximum Gasteiger partial charge on any atom is 0.348 e. The Hall–Kier alpha value is -3.73. The van der Waals surface area contributed by atoms with Crippen LogP contribution in [0.25, 0.3) is 21.6 Å². The highest BCUT2D eigenvalue weighted by atomic mass is 32.1. The molecule has 29 heavy (non-hydrogen) atoms. The van der Waals surface area contributed by atoms with Crippen LogP contribution in [0.4, 0.5) is 0 Å². The van der Waals surface area contributed by atoms with Crippen LogP contribution in [-0.2, 0) is 11.2 Å². The second-order valence-electron chi connectivity index (χ2n) is 6.37. The van der Waals surface area contributed by atoms with E-state index in [2.05, 4.69) is 25.6 Å². The van der Waals surface area contributed by atoms with Crippen LogP contribution >= 0.6 is 11.3 Å². The van der Waals surface area contributed by atoms with E-state index in [1.807, 2.05) is 31.2 Å². The summed E-state index contributed by atoms with van der Waals surface area (Å²) in [7, 11) is 1.37. The number of aromatic nitrogens is 8. The lowest BCUT2D eigenvalue weighted by Crippen LogP contribution is -1.99. The standard InChI is InChI=1S/C18H14N8O2S/c1-10-14-16-21-13(7-11-3-5-12(6-4-11)25-9-20-23-24-25)22-26(16)8-19-17(14)29-15(10)18(27)28-2/h3-6,8-9H,7H2,1-2H3. The molecule has 0 aliphatic heterocycles. The zero-order valence-electron chi connectivity index (χ0n) is 15.5. The number of aryl methyl sites for hydroxylation is 1. The lowest BCUT2D eigenvalue weighted by molar-refractivity contribution is 0.0605. The number of hydrogen-bond acceptors (Lipinski definition) is 9. The van der Waals surface area contributed by atoms with Crippen molar-refractivity contribution in [3.63, 3.8) is 0 Å². The van der Waals surface area contributed by atoms with Gasteiger partial charge in [-0.15, -0.1) is 21.5 Å². The quantitative estimate of drug-likeness (QED) is 0.417. The molecule has 1 aromatic carbocycles. The molecule has 144 valence electrons. The largest absolute Gasteiger partial charge is 0.465 e. The Morgan fingerprint density at radius 1 is 1.21 bits per heavy atom. The SMILES string of the molecule is COC(=O)c1sc2ncn3nc(Cc4ccc(-n5cnnn5)cc4)nc3c2c1C. The lowest BCUT2D eigenvalue weighted by Gasteiger charge is -2.01. The van der Waals surface area contributed by atoms with Crippen molar-refractivity contribution in [3.8, 4) is 5.69 Å². The van der Waals surface area contributed by atoms with Crippen molar-refractivity contribution in [3.05, 3.63) is 58.7 Å². The molecule has 0 amide bonds. The fourth-order valence-electron chi connectivity index (χ4n) is 3.17. The Balaban J connectivity index is 1.50. The predicted octanol–water partition coefficient (Wildman–Crippen LogP) is 2.00. The maximum atomic E-state index is 12.0. The smallest absolute Gasteiger partial charge is 0.348 e. The molecule has 0 bridgehead atoms. The Kier molecular flexibility index (Phi) is 4.02. The molecule has 11 heteroatoms. The van der Waals surface area contributed by atoms with Gasteiger partial charge < -0.3 is 4.74 Å². The number of thiophene rings is 1. The van der Waals surface area contributed by atoms with Crippen LogP contribution in [0.3, 0.4) is 0 Å². The van der Waals surface area contributed by atoms with Gasteiger partial charge >= 0.3 is 5.97 Å². The molecule has 0 saturated heterocycles. The minimum Gasteiger partial charge on any atom is -0.465 e. The van der Waals surface area contributed by atoms with Crippen molar-refractivity contribution < 1.29 is 9.53 Å². The number of carbonyl (C=O) groups excluding carboxylic acids is 1. The zero-order chi connectivity index (χ0) is 20.0. The van der Waals surface area contributed by atoms with E-state index in [1.54, 1.807) is 21.9 Å². The highest BCUT2D eigenvalue weighted by Crippen LogP contribution is 2.32. The summed E-state index contributed by atoms with van der Waals surface area (Å²) in [5, 5.41) is 16.5. The summed E-state index contributed by atoms with van der Waals surface area (Å²) in [6.45, 7) is 1.87. The summed E-state index contributed by atoms with van der Waals surface area (Å²) < 4.78 is 8.10. The Morgan fingerprint density at radius 3 is 2.76 bits per heavy atom. The van der Waals surface area contributed by atoms with Gasteiger partial charge in [0.15, 0.2) is 11.5 Å². The number of esters is 1. The Labute approximate surface area is 167 Å². The van der Waals surface area contributed by atoms with E-state index in [9.17, 15) is 4.79 Å². The number of tetrazole rings is 1. The van der Waals surface area contributed by atoms with Crippen molar-refractivity contribution >= 4 is 33.2 Å². The monoisotopic (exact) mass is 406 g/mol. The van der Waals surface area contributed by atoms with Crippen molar-refractivity contribution in [1.29, 1.82) is 0 Å². The summed E-state index contributed by atoms with van der Waals surface area (Å²) in [4.78, 5) is 22.4. The molecule has 0 fully saturated rings. The van der Waals surface area contributed by atoms with E-state index in [-0.39, 0.29) is 5.97 Å². The van der Waals surface area contributed by atoms with Crippen molar-refractivity contribution in [2.24, 2.45) is 0 Å². The van der Waals surface area contributed by atoms with Gasteiger partial charge in [-0.25, -0.2) is 24.0 Å². The number of hydrogen-bond donors (Lipinski definition) is 0. The van der Waals surface area contributed by atoms with Gasteiger partial charge in [0.05, 0.1) is 18.2 Å². The van der Waals surface area contributed by atoms with Crippen molar-refractivity contribution in [2.75, 3.05) is 7.11 Å². The van der Waals surface area contributed by atoms with Gasteiger partial charge in [0, 0.05) is 6.42 Å². The molecule has 0 radical (unpaired) electrons. The van der Waals surface area contributed by atoms with Gasteiger partial charge in [-0.3, -0.25) is 0 Å². The molecule has 0 N–H and O–H groups in total. The third-order valence-electron chi connectivity index (χ3n) is 4.59. The number of carbonyl (C=O) groups is 1. The van der Waals surface area contributed by atoms with Gasteiger partial charge in [-0.1, -0.05) is 12.1 Å². The molecule has 5 rings (SSSR count). The molecule has 0 saturated carbocycles. The molecule has 10 nitrogen and oxygen atoms in total. The average molecular weight is 406 g/mol. The van der Waals surface area contributed by atoms with Crippen molar-refractivity contribution in [2.45, 2.75) is 13.3 Å². The minimum absolute atomic E-state index is 0.369. The zero-order valence-corrected chi connectivity index (χ0v) is 16.3. The molecule has 0 unspecified atom stereocenters. The molecule has 0 atom stereocenters. The van der Waals surface area contributed by atoms with Crippen LogP contribution in [0.15, 0.2) is 36.9 Å². The summed E-state index contributed by atoms with van der Waals surface area (Å²) in [5.41, 5.74) is 3.41. The van der Waals surface area contributed by atoms with Gasteiger partial charge in [0.1, 0.15) is 22.4 Å². The predicted molar refractivity (Wildman–Crippen MR) is 104 cm³/mol. The lowest BCUT2D eigenvalue weighted by atomic mass is 10.1. The highest BCUT2D eigenvalue weighted by molar-refractivity contribution is 7.20. The molecular weight excluding hydrogens is 392 g/mol. The third kappa shape index (κ3) is 2.91. The molecule has 0 aliphatic rings. The van der Waals surface area contributed by atoms with E-state index in [0.29, 0.717) is 22.8 Å². The Bertz CT molecular complexity index is 1340. The minimum atomic E-state index is -0.369. The number of rotatable bonds is 4. The number of nitrogens with zero attached hydrogens (tertiary/aromatic N) is 8. The highest BCUT2D eigenvalue weighted by Gasteiger charge is 2.20. The first-order chi connectivity index (χ1) is 14.1. The van der Waals surface area contributed by atoms with Crippen LogP contribution in [0, 0.1) is 6.92 Å². The second-order valence-corrected chi connectivity index (χ2v) is 7.37. The average Bonchev–Trinajstić information content (AvgIpc) is 3.46. The first-order valence-corrected chi connectivity index (χ1v) is 9.49. The summed E-state index contributed by atoms with van der Waals surface area (Å²) in [5.74, 6) is 0.297. The molecule has 5 aromatic rings. The van der Waals surface area contributed by atoms with E-state index in [4.69, 9.17) is 9.72 Å². The first-order valence-electron chi connectivity index (χ1n) is 8.68. The van der Waals surface area contributed by atoms with Crippen LogP contribution in [-0.4, -0.2) is 52.9 Å². The third-order valence-corrected chi connectivity index (χ3v) is 5.77. The summed E-state index contributed by atoms with van der Waals surface area (Å²) in [6.07, 6.45) is 3.72. The Morgan fingerprint density at radius 2 is 2.03 bits per heavy atom. The molecule has 0 spiro atoms. The summed E-state index contributed by atoms with van der Waals surface area (Å²) >= 11 is 1.30. The summed E-state index contributed by atoms with van der Waals surface area (Å²) in [6, 6.07) is 7.85. The van der Waals surface area contributed by atoms with Gasteiger partial charge in [-0.05, 0) is 40.6 Å². The fourth-order valence-corrected chi connectivity index (χ4v) is 4.23. The molecule has 4 heterocycles. The van der Waals surface area contributed by atoms with Crippen LogP contribution in [0.1, 0.15) is 26.6 Å². The normalized spacial score (nSPS) is 11.4. The molecule has 0 aliphatic carbocycles. The van der Waals surface area contributed by atoms with Gasteiger partial charge in [-0.2, -0.15) is 0 Å². The topological polar surface area (TPSA) is 113 Å². The van der Waals surface area contributed by atoms with E-state index in [1.165, 1.54) is 18.4 Å². The van der Waals surface area contributed by atoms with Crippen molar-refractivity contribution in [1.82, 2.24) is 39.8 Å². The van der Waals surface area contributed by atoms with E-state index < -0.39 is 0 Å². The van der Waals surface area contributed by atoms with Crippen LogP contribution in [0.2, 0.25) is 0 Å². The number of ether oxygens (including phenoxy) is 1. The molecule has 4 aromatic heterocycles. The number of fused-ring (bicyclic) bond motifs is 3. The van der Waals surface area contributed by atoms with Crippen LogP contribution in [0.5, 0.6) is 0 Å². The van der Waals surface area contributed by atoms with E-state index in [0.717, 1.165) is 27.0 Å².